The van der Waals surface area contributed by atoms with E-state index in [1.807, 2.05) is 0 Å². The van der Waals surface area contributed by atoms with E-state index < -0.39 is 0 Å². The Morgan fingerprint density at radius 1 is 0.686 bits per heavy atom. The van der Waals surface area contributed by atoms with Gasteiger partial charge < -0.3 is 9.47 Å². The normalized spacial score (nSPS) is 17.6. The summed E-state index contributed by atoms with van der Waals surface area (Å²) in [4.78, 5) is 0. The second-order valence-corrected chi connectivity index (χ2v) is 11.5. The third kappa shape index (κ3) is 6.07. The van der Waals surface area contributed by atoms with Gasteiger partial charge in [-0.25, -0.2) is 0 Å². The van der Waals surface area contributed by atoms with Crippen LogP contribution in [0.5, 0.6) is 11.5 Å². The molecule has 35 heavy (non-hydrogen) atoms. The smallest absolute Gasteiger partial charge is 0.123 e. The van der Waals surface area contributed by atoms with Crippen molar-refractivity contribution in [3.8, 4) is 11.5 Å². The maximum Gasteiger partial charge on any atom is 0.123 e. The SMILES string of the molecule is CCCC(C)(CC)Oc1ccc(C2(c3ccc(OC(C)(CC)CC)c(C)c3)CCCCC2)cc1C. The van der Waals surface area contributed by atoms with Gasteiger partial charge in [0.2, 0.25) is 0 Å². The highest BCUT2D eigenvalue weighted by Crippen LogP contribution is 2.47. The topological polar surface area (TPSA) is 18.5 Å². The molecule has 1 fully saturated rings. The molecule has 0 aliphatic heterocycles. The maximum absolute atomic E-state index is 6.59. The molecule has 0 amide bonds. The van der Waals surface area contributed by atoms with E-state index in [4.69, 9.17) is 9.47 Å². The van der Waals surface area contributed by atoms with Crippen molar-refractivity contribution in [2.24, 2.45) is 0 Å². The number of hydrogen-bond acceptors (Lipinski definition) is 2. The maximum atomic E-state index is 6.59. The van der Waals surface area contributed by atoms with Crippen molar-refractivity contribution in [1.29, 1.82) is 0 Å². The summed E-state index contributed by atoms with van der Waals surface area (Å²) in [6, 6.07) is 14.0. The van der Waals surface area contributed by atoms with Gasteiger partial charge in [-0.05, 0) is 101 Å². The molecule has 3 rings (SSSR count). The molecule has 1 saturated carbocycles. The van der Waals surface area contributed by atoms with Crippen molar-refractivity contribution < 1.29 is 9.47 Å². The molecule has 2 aromatic carbocycles. The van der Waals surface area contributed by atoms with Crippen molar-refractivity contribution >= 4 is 0 Å². The van der Waals surface area contributed by atoms with Crippen LogP contribution in [0, 0.1) is 13.8 Å². The van der Waals surface area contributed by atoms with Crippen molar-refractivity contribution in [3.05, 3.63) is 58.7 Å². The lowest BCUT2D eigenvalue weighted by molar-refractivity contribution is 0.0732. The molecular formula is C33H50O2. The Balaban J connectivity index is 1.97. The van der Waals surface area contributed by atoms with Crippen LogP contribution in [0.15, 0.2) is 36.4 Å². The first kappa shape index (κ1) is 27.6. The van der Waals surface area contributed by atoms with Gasteiger partial charge in [-0.1, -0.05) is 77.6 Å². The van der Waals surface area contributed by atoms with Crippen molar-refractivity contribution in [2.45, 2.75) is 136 Å². The molecule has 0 radical (unpaired) electrons. The lowest BCUT2D eigenvalue weighted by Crippen LogP contribution is -2.33. The minimum Gasteiger partial charge on any atom is -0.487 e. The van der Waals surface area contributed by atoms with Crippen LogP contribution in [0.25, 0.3) is 0 Å². The fourth-order valence-electron chi connectivity index (χ4n) is 5.78. The second kappa shape index (κ2) is 11.4. The van der Waals surface area contributed by atoms with Crippen LogP contribution in [0.2, 0.25) is 0 Å². The Morgan fingerprint density at radius 2 is 1.14 bits per heavy atom. The lowest BCUT2D eigenvalue weighted by atomic mass is 9.65. The fourth-order valence-corrected chi connectivity index (χ4v) is 5.78. The highest BCUT2D eigenvalue weighted by Gasteiger charge is 2.37. The predicted molar refractivity (Wildman–Crippen MR) is 150 cm³/mol. The molecule has 0 spiro atoms. The summed E-state index contributed by atoms with van der Waals surface area (Å²) in [7, 11) is 0. The van der Waals surface area contributed by atoms with Crippen molar-refractivity contribution in [3.63, 3.8) is 0 Å². The van der Waals surface area contributed by atoms with Crippen molar-refractivity contribution in [1.82, 2.24) is 0 Å². The van der Waals surface area contributed by atoms with Crippen LogP contribution in [-0.2, 0) is 5.41 Å². The zero-order chi connectivity index (χ0) is 25.7. The van der Waals surface area contributed by atoms with E-state index in [0.717, 1.165) is 43.6 Å². The summed E-state index contributed by atoms with van der Waals surface area (Å²) in [6.07, 6.45) is 11.6. The molecule has 0 saturated heterocycles. The highest BCUT2D eigenvalue weighted by atomic mass is 16.5. The van der Waals surface area contributed by atoms with Crippen molar-refractivity contribution in [2.75, 3.05) is 0 Å². The number of benzene rings is 2. The summed E-state index contributed by atoms with van der Waals surface area (Å²) in [5, 5.41) is 0. The largest absolute Gasteiger partial charge is 0.487 e. The van der Waals surface area contributed by atoms with Crippen LogP contribution >= 0.6 is 0 Å². The summed E-state index contributed by atoms with van der Waals surface area (Å²) in [6.45, 7) is 17.8. The minimum atomic E-state index is -0.105. The zero-order valence-electron chi connectivity index (χ0n) is 23.9. The van der Waals surface area contributed by atoms with Crippen LogP contribution in [0.4, 0.5) is 0 Å². The third-order valence-electron chi connectivity index (χ3n) is 8.90. The Labute approximate surface area is 215 Å². The zero-order valence-corrected chi connectivity index (χ0v) is 23.9. The van der Waals surface area contributed by atoms with Crippen LogP contribution in [-0.4, -0.2) is 11.2 Å². The first-order valence-corrected chi connectivity index (χ1v) is 14.2. The van der Waals surface area contributed by atoms with Gasteiger partial charge in [0.1, 0.15) is 22.7 Å². The molecule has 2 heteroatoms. The molecule has 2 nitrogen and oxygen atoms in total. The van der Waals surface area contributed by atoms with Gasteiger partial charge in [0.05, 0.1) is 0 Å². The Morgan fingerprint density at radius 3 is 1.54 bits per heavy atom. The Bertz CT molecular complexity index is 965. The van der Waals surface area contributed by atoms with E-state index in [-0.39, 0.29) is 16.6 Å². The van der Waals surface area contributed by atoms with Gasteiger partial charge >= 0.3 is 0 Å². The summed E-state index contributed by atoms with van der Waals surface area (Å²) in [5.74, 6) is 2.07. The Hall–Kier alpha value is -1.96. The molecule has 0 N–H and O–H groups in total. The number of rotatable bonds is 11. The first-order valence-electron chi connectivity index (χ1n) is 14.2. The number of hydrogen-bond donors (Lipinski definition) is 0. The van der Waals surface area contributed by atoms with Gasteiger partial charge in [0.15, 0.2) is 0 Å². The fraction of sp³-hybridized carbons (Fsp3) is 0.636. The number of ether oxygens (including phenoxy) is 2. The molecular weight excluding hydrogens is 428 g/mol. The average molecular weight is 479 g/mol. The molecule has 2 aromatic rings. The van der Waals surface area contributed by atoms with Gasteiger partial charge in [-0.2, -0.15) is 0 Å². The van der Waals surface area contributed by atoms with Crippen LogP contribution in [0.3, 0.4) is 0 Å². The molecule has 0 aromatic heterocycles. The van der Waals surface area contributed by atoms with Gasteiger partial charge in [-0.3, -0.25) is 0 Å². The molecule has 1 unspecified atom stereocenters. The standard InChI is InChI=1S/C33H50O2/c1-9-20-32(8,12-4)35-30-19-17-28(24-26(30)6)33(21-14-13-15-22-33)27-16-18-29(25(5)23-27)34-31(7,10-2)11-3/h16-19,23-24H,9-15,20-22H2,1-8H3. The minimum absolute atomic E-state index is 0.0706. The summed E-state index contributed by atoms with van der Waals surface area (Å²) >= 11 is 0. The molecule has 194 valence electrons. The summed E-state index contributed by atoms with van der Waals surface area (Å²) in [5.41, 5.74) is 5.25. The molecule has 1 aliphatic carbocycles. The monoisotopic (exact) mass is 478 g/mol. The number of aryl methyl sites for hydroxylation is 2. The van der Waals surface area contributed by atoms with E-state index in [0.29, 0.717) is 0 Å². The van der Waals surface area contributed by atoms with Crippen LogP contribution in [0.1, 0.15) is 128 Å². The summed E-state index contributed by atoms with van der Waals surface area (Å²) < 4.78 is 13.1. The van der Waals surface area contributed by atoms with E-state index in [1.165, 1.54) is 54.4 Å². The van der Waals surface area contributed by atoms with Gasteiger partial charge in [0, 0.05) is 5.41 Å². The van der Waals surface area contributed by atoms with Crippen LogP contribution < -0.4 is 9.47 Å². The quantitative estimate of drug-likeness (QED) is 0.320. The second-order valence-electron chi connectivity index (χ2n) is 11.5. The highest BCUT2D eigenvalue weighted by molar-refractivity contribution is 5.48. The molecule has 0 heterocycles. The third-order valence-corrected chi connectivity index (χ3v) is 8.90. The predicted octanol–water partition coefficient (Wildman–Crippen LogP) is 9.86. The van der Waals surface area contributed by atoms with E-state index in [9.17, 15) is 0 Å². The molecule has 1 atom stereocenters. The van der Waals surface area contributed by atoms with E-state index >= 15 is 0 Å². The molecule has 1 aliphatic rings. The van der Waals surface area contributed by atoms with Gasteiger partial charge in [-0.15, -0.1) is 0 Å². The van der Waals surface area contributed by atoms with E-state index in [1.54, 1.807) is 0 Å². The average Bonchev–Trinajstić information content (AvgIpc) is 2.87. The first-order chi connectivity index (χ1) is 16.6. The van der Waals surface area contributed by atoms with E-state index in [2.05, 4.69) is 91.8 Å². The lowest BCUT2D eigenvalue weighted by Gasteiger charge is -2.40. The Kier molecular flexibility index (Phi) is 9.00. The molecule has 0 bridgehead atoms. The van der Waals surface area contributed by atoms with Gasteiger partial charge in [0.25, 0.3) is 0 Å².